The average molecular weight is 410 g/mol. The number of aromatic nitrogens is 2. The summed E-state index contributed by atoms with van der Waals surface area (Å²) < 4.78 is 6.10. The van der Waals surface area contributed by atoms with Gasteiger partial charge in [0.15, 0.2) is 0 Å². The lowest BCUT2D eigenvalue weighted by Crippen LogP contribution is -2.48. The highest BCUT2D eigenvalue weighted by atomic mass is 32.2. The molecule has 7 rings (SSSR count). The highest BCUT2D eigenvalue weighted by molar-refractivity contribution is 7.99. The zero-order valence-electron chi connectivity index (χ0n) is 16.2. The van der Waals surface area contributed by atoms with Crippen LogP contribution in [0.3, 0.4) is 0 Å². The minimum atomic E-state index is -0.217. The highest BCUT2D eigenvalue weighted by Gasteiger charge is 2.54. The van der Waals surface area contributed by atoms with Crippen molar-refractivity contribution < 1.29 is 14.0 Å². The third-order valence-corrected chi connectivity index (χ3v) is 8.12. The molecule has 5 aliphatic rings. The Kier molecular flexibility index (Phi) is 3.92. The van der Waals surface area contributed by atoms with E-state index in [1.165, 1.54) is 55.2 Å². The third-order valence-electron chi connectivity index (χ3n) is 7.32. The largest absolute Gasteiger partial charge is 0.415 e. The first-order valence-electron chi connectivity index (χ1n) is 10.5. The van der Waals surface area contributed by atoms with Crippen LogP contribution in [0.15, 0.2) is 33.9 Å². The monoisotopic (exact) mass is 409 g/mol. The number of carbonyl (C=O) groups excluding carboxylic acids is 2. The second-order valence-electron chi connectivity index (χ2n) is 9.23. The topological polar surface area (TPSA) is 76.3 Å². The van der Waals surface area contributed by atoms with Crippen LogP contribution in [0.25, 0.3) is 0 Å². The Balaban J connectivity index is 1.12. The van der Waals surface area contributed by atoms with E-state index >= 15 is 0 Å². The van der Waals surface area contributed by atoms with Crippen molar-refractivity contribution in [3.05, 3.63) is 41.3 Å². The summed E-state index contributed by atoms with van der Waals surface area (Å²) in [6.07, 6.45) is 7.74. The quantitative estimate of drug-likeness (QED) is 0.550. The summed E-state index contributed by atoms with van der Waals surface area (Å²) in [6.45, 7) is 0.339. The fourth-order valence-electron chi connectivity index (χ4n) is 6.52. The second kappa shape index (κ2) is 6.42. The van der Waals surface area contributed by atoms with Crippen LogP contribution in [0, 0.1) is 17.8 Å². The molecule has 4 aliphatic carbocycles. The van der Waals surface area contributed by atoms with Crippen LogP contribution in [0.5, 0.6) is 0 Å². The van der Waals surface area contributed by atoms with Crippen molar-refractivity contribution in [3.63, 3.8) is 0 Å². The molecule has 4 fully saturated rings. The second-order valence-corrected chi connectivity index (χ2v) is 10.3. The van der Waals surface area contributed by atoms with Gasteiger partial charge >= 0.3 is 0 Å². The van der Waals surface area contributed by atoms with Gasteiger partial charge in [0.05, 0.1) is 11.1 Å². The van der Waals surface area contributed by atoms with E-state index in [0.29, 0.717) is 28.6 Å². The molecule has 2 aromatic rings. The van der Waals surface area contributed by atoms with Gasteiger partial charge in [0.1, 0.15) is 0 Å². The van der Waals surface area contributed by atoms with Crippen LogP contribution in [0.2, 0.25) is 0 Å². The van der Waals surface area contributed by atoms with Gasteiger partial charge in [0, 0.05) is 17.7 Å². The summed E-state index contributed by atoms with van der Waals surface area (Å²) in [7, 11) is 0. The van der Waals surface area contributed by atoms with Crippen molar-refractivity contribution in [3.8, 4) is 0 Å². The number of benzene rings is 1. The Morgan fingerprint density at radius 3 is 2.14 bits per heavy atom. The lowest BCUT2D eigenvalue weighted by molar-refractivity contribution is -0.0191. The fraction of sp³-hybridized carbons (Fsp3) is 0.545. The minimum Gasteiger partial charge on any atom is -0.415 e. The van der Waals surface area contributed by atoms with Crippen LogP contribution in [-0.4, -0.2) is 39.2 Å². The molecule has 1 aliphatic heterocycles. The van der Waals surface area contributed by atoms with E-state index in [1.807, 2.05) is 0 Å². The van der Waals surface area contributed by atoms with Gasteiger partial charge in [0.2, 0.25) is 5.89 Å². The molecular formula is C22H23N3O3S. The van der Waals surface area contributed by atoms with Gasteiger partial charge in [-0.25, -0.2) is 0 Å². The van der Waals surface area contributed by atoms with Crippen LogP contribution in [0.1, 0.15) is 65.1 Å². The van der Waals surface area contributed by atoms with E-state index in [1.54, 1.807) is 24.3 Å². The zero-order chi connectivity index (χ0) is 19.6. The molecule has 6 nitrogen and oxygen atoms in total. The normalized spacial score (nSPS) is 32.3. The minimum absolute atomic E-state index is 0.100. The molecule has 1 aromatic heterocycles. The molecule has 4 bridgehead atoms. The van der Waals surface area contributed by atoms with Gasteiger partial charge < -0.3 is 4.42 Å². The van der Waals surface area contributed by atoms with Gasteiger partial charge in [-0.15, -0.1) is 10.2 Å². The van der Waals surface area contributed by atoms with Crippen molar-refractivity contribution in [2.45, 2.75) is 49.2 Å². The molecule has 2 amide bonds. The Morgan fingerprint density at radius 2 is 1.55 bits per heavy atom. The predicted octanol–water partition coefficient (Wildman–Crippen LogP) is 3.93. The van der Waals surface area contributed by atoms with E-state index in [9.17, 15) is 9.59 Å². The maximum absolute atomic E-state index is 12.5. The van der Waals surface area contributed by atoms with E-state index in [0.717, 1.165) is 23.6 Å². The average Bonchev–Trinajstić information content (AvgIpc) is 3.27. The summed E-state index contributed by atoms with van der Waals surface area (Å²) >= 11 is 1.43. The van der Waals surface area contributed by atoms with Crippen LogP contribution in [-0.2, 0) is 5.41 Å². The van der Waals surface area contributed by atoms with E-state index < -0.39 is 0 Å². The van der Waals surface area contributed by atoms with Gasteiger partial charge in [-0.1, -0.05) is 23.9 Å². The Labute approximate surface area is 173 Å². The van der Waals surface area contributed by atoms with Crippen LogP contribution >= 0.6 is 11.8 Å². The molecule has 29 heavy (non-hydrogen) atoms. The molecule has 0 spiro atoms. The maximum Gasteiger partial charge on any atom is 0.276 e. The first kappa shape index (κ1) is 17.7. The van der Waals surface area contributed by atoms with Gasteiger partial charge in [-0.2, -0.15) is 0 Å². The van der Waals surface area contributed by atoms with Crippen LogP contribution < -0.4 is 0 Å². The number of amides is 2. The van der Waals surface area contributed by atoms with Crippen molar-refractivity contribution in [1.82, 2.24) is 15.1 Å². The van der Waals surface area contributed by atoms with E-state index in [2.05, 4.69) is 10.2 Å². The van der Waals surface area contributed by atoms with Gasteiger partial charge in [-0.05, 0) is 68.4 Å². The summed E-state index contributed by atoms with van der Waals surface area (Å²) in [6, 6.07) is 6.98. The number of nitrogens with zero attached hydrogens (tertiary/aromatic N) is 3. The molecular weight excluding hydrogens is 386 g/mol. The number of carbonyl (C=O) groups is 2. The highest BCUT2D eigenvalue weighted by Crippen LogP contribution is 2.60. The first-order chi connectivity index (χ1) is 14.1. The lowest BCUT2D eigenvalue weighted by atomic mass is 9.49. The molecule has 0 unspecified atom stereocenters. The van der Waals surface area contributed by atoms with Gasteiger partial charge in [-0.3, -0.25) is 14.5 Å². The summed E-state index contributed by atoms with van der Waals surface area (Å²) in [4.78, 5) is 26.2. The number of thioether (sulfide) groups is 1. The number of rotatable bonds is 5. The van der Waals surface area contributed by atoms with Crippen molar-refractivity contribution in [2.24, 2.45) is 17.8 Å². The number of fused-ring (bicyclic) bond motifs is 1. The summed E-state index contributed by atoms with van der Waals surface area (Å²) in [5.41, 5.74) is 1.08. The van der Waals surface area contributed by atoms with Crippen molar-refractivity contribution in [2.75, 3.05) is 12.3 Å². The van der Waals surface area contributed by atoms with Gasteiger partial charge in [0.25, 0.3) is 17.0 Å². The molecule has 0 saturated heterocycles. The predicted molar refractivity (Wildman–Crippen MR) is 107 cm³/mol. The van der Waals surface area contributed by atoms with E-state index in [-0.39, 0.29) is 17.2 Å². The molecule has 1 aromatic carbocycles. The standard InChI is InChI=1S/C22H23N3O3S/c26-18-16-3-1-2-4-17(16)19(27)25(18)5-6-29-21-24-23-20(28-21)22-10-13-7-14(11-22)9-15(8-13)12-22/h1-4,13-15H,5-12H2. The summed E-state index contributed by atoms with van der Waals surface area (Å²) in [5, 5.41) is 9.26. The molecule has 0 radical (unpaired) electrons. The van der Waals surface area contributed by atoms with Crippen LogP contribution in [0.4, 0.5) is 0 Å². The smallest absolute Gasteiger partial charge is 0.276 e. The van der Waals surface area contributed by atoms with Crippen molar-refractivity contribution in [1.29, 1.82) is 0 Å². The Hall–Kier alpha value is -2.15. The zero-order valence-corrected chi connectivity index (χ0v) is 17.0. The molecule has 150 valence electrons. The number of hydrogen-bond acceptors (Lipinski definition) is 6. The maximum atomic E-state index is 12.5. The van der Waals surface area contributed by atoms with E-state index in [4.69, 9.17) is 4.42 Å². The Morgan fingerprint density at radius 1 is 0.966 bits per heavy atom. The molecule has 0 N–H and O–H groups in total. The van der Waals surface area contributed by atoms with Crippen molar-refractivity contribution >= 4 is 23.6 Å². The number of imide groups is 1. The molecule has 7 heteroatoms. The third kappa shape index (κ3) is 2.77. The summed E-state index contributed by atoms with van der Waals surface area (Å²) in [5.74, 6) is 3.43. The number of hydrogen-bond donors (Lipinski definition) is 0. The fourth-order valence-corrected chi connectivity index (χ4v) is 7.21. The SMILES string of the molecule is O=C1c2ccccc2C(=O)N1CCSc1nnc(C23CC4CC(CC(C4)C2)C3)o1. The Bertz CT molecular complexity index is 930. The lowest BCUT2D eigenvalue weighted by Gasteiger charge is -2.55. The molecule has 2 heterocycles. The molecule has 4 saturated carbocycles. The first-order valence-corrected chi connectivity index (χ1v) is 11.5. The molecule has 0 atom stereocenters.